The van der Waals surface area contributed by atoms with Crippen LogP contribution in [0.2, 0.25) is 0 Å². The molecular weight excluding hydrogens is 200 g/mol. The molecule has 2 fully saturated rings. The molecule has 94 valence electrons. The predicted octanol–water partition coefficient (Wildman–Crippen LogP) is 3.13. The van der Waals surface area contributed by atoms with Crippen LogP contribution in [0, 0.1) is 11.8 Å². The molecule has 2 unspecified atom stereocenters. The fraction of sp³-hybridized carbons (Fsp3) is 1.00. The smallest absolute Gasteiger partial charge is 0.0700 e. The Morgan fingerprint density at radius 2 is 1.81 bits per heavy atom. The van der Waals surface area contributed by atoms with Gasteiger partial charge in [0.05, 0.1) is 11.7 Å². The van der Waals surface area contributed by atoms with Crippen molar-refractivity contribution in [3.05, 3.63) is 0 Å². The highest BCUT2D eigenvalue weighted by Crippen LogP contribution is 2.43. The molecular formula is C14H26O2. The summed E-state index contributed by atoms with van der Waals surface area (Å²) in [4.78, 5) is 0. The van der Waals surface area contributed by atoms with E-state index in [9.17, 15) is 5.11 Å². The molecule has 2 nitrogen and oxygen atoms in total. The van der Waals surface area contributed by atoms with Crippen molar-refractivity contribution in [2.24, 2.45) is 11.8 Å². The van der Waals surface area contributed by atoms with Gasteiger partial charge in [0.2, 0.25) is 0 Å². The van der Waals surface area contributed by atoms with E-state index in [1.807, 2.05) is 0 Å². The fourth-order valence-electron chi connectivity index (χ4n) is 3.60. The van der Waals surface area contributed by atoms with Gasteiger partial charge >= 0.3 is 0 Å². The van der Waals surface area contributed by atoms with Crippen LogP contribution in [0.4, 0.5) is 0 Å². The summed E-state index contributed by atoms with van der Waals surface area (Å²) in [5, 5.41) is 10.8. The summed E-state index contributed by atoms with van der Waals surface area (Å²) >= 11 is 0. The predicted molar refractivity (Wildman–Crippen MR) is 65.3 cm³/mol. The molecule has 0 aliphatic heterocycles. The minimum atomic E-state index is -0.418. The van der Waals surface area contributed by atoms with Crippen molar-refractivity contribution >= 4 is 0 Å². The molecule has 0 aromatic heterocycles. The molecule has 1 N–H and O–H groups in total. The molecule has 2 atom stereocenters. The van der Waals surface area contributed by atoms with Crippen LogP contribution in [0.15, 0.2) is 0 Å². The molecule has 0 radical (unpaired) electrons. The highest BCUT2D eigenvalue weighted by atomic mass is 16.5. The molecule has 0 bridgehead atoms. The summed E-state index contributed by atoms with van der Waals surface area (Å²) in [6.07, 6.45) is 9.42. The van der Waals surface area contributed by atoms with Crippen molar-refractivity contribution in [1.82, 2.24) is 0 Å². The lowest BCUT2D eigenvalue weighted by atomic mass is 9.67. The number of hydrogen-bond acceptors (Lipinski definition) is 2. The molecule has 0 aromatic carbocycles. The highest BCUT2D eigenvalue weighted by Gasteiger charge is 2.41. The average Bonchev–Trinajstić information content (AvgIpc) is 2.29. The molecule has 2 aliphatic carbocycles. The normalized spacial score (nSPS) is 45.6. The summed E-state index contributed by atoms with van der Waals surface area (Å²) in [5.74, 6) is 1.39. The number of ether oxygens (including phenoxy) is 1. The van der Waals surface area contributed by atoms with Gasteiger partial charge in [-0.1, -0.05) is 19.8 Å². The van der Waals surface area contributed by atoms with Crippen LogP contribution >= 0.6 is 0 Å². The quantitative estimate of drug-likeness (QED) is 0.784. The second-order valence-electron chi connectivity index (χ2n) is 6.01. The zero-order valence-electron chi connectivity index (χ0n) is 10.7. The number of hydrogen-bond donors (Lipinski definition) is 1. The van der Waals surface area contributed by atoms with Gasteiger partial charge in [-0.25, -0.2) is 0 Å². The molecule has 0 aromatic rings. The summed E-state index contributed by atoms with van der Waals surface area (Å²) in [7, 11) is 1.78. The van der Waals surface area contributed by atoms with Gasteiger partial charge in [0, 0.05) is 13.5 Å². The summed E-state index contributed by atoms with van der Waals surface area (Å²) in [5.41, 5.74) is -0.418. The van der Waals surface area contributed by atoms with Crippen molar-refractivity contribution in [3.8, 4) is 0 Å². The summed E-state index contributed by atoms with van der Waals surface area (Å²) in [6.45, 7) is 2.33. The monoisotopic (exact) mass is 226 g/mol. The van der Waals surface area contributed by atoms with Gasteiger partial charge in [-0.3, -0.25) is 0 Å². The van der Waals surface area contributed by atoms with Crippen LogP contribution in [0.1, 0.15) is 58.3 Å². The van der Waals surface area contributed by atoms with E-state index >= 15 is 0 Å². The highest BCUT2D eigenvalue weighted by molar-refractivity contribution is 4.94. The Bertz CT molecular complexity index is 221. The molecule has 2 saturated carbocycles. The lowest BCUT2D eigenvalue weighted by Gasteiger charge is -2.44. The van der Waals surface area contributed by atoms with Crippen LogP contribution in [-0.2, 0) is 4.74 Å². The molecule has 0 saturated heterocycles. The van der Waals surface area contributed by atoms with Crippen molar-refractivity contribution in [1.29, 1.82) is 0 Å². The van der Waals surface area contributed by atoms with E-state index in [1.165, 1.54) is 25.7 Å². The third kappa shape index (κ3) is 2.60. The third-order valence-corrected chi connectivity index (χ3v) is 4.83. The second kappa shape index (κ2) is 5.05. The first-order chi connectivity index (χ1) is 7.64. The van der Waals surface area contributed by atoms with E-state index in [2.05, 4.69) is 6.92 Å². The van der Waals surface area contributed by atoms with E-state index in [1.54, 1.807) is 7.11 Å². The molecule has 2 rings (SSSR count). The standard InChI is InChI=1S/C14H26O2/c1-11-5-7-12(8-6-11)14(15)9-3-4-13(10-14)16-2/h11-13,15H,3-10H2,1-2H3. The Labute approximate surface area is 99.4 Å². The molecule has 0 amide bonds. The van der Waals surface area contributed by atoms with Crippen LogP contribution in [0.3, 0.4) is 0 Å². The van der Waals surface area contributed by atoms with Gasteiger partial charge in [0.25, 0.3) is 0 Å². The molecule has 2 heteroatoms. The average molecular weight is 226 g/mol. The van der Waals surface area contributed by atoms with Crippen molar-refractivity contribution in [2.45, 2.75) is 70.0 Å². The Morgan fingerprint density at radius 3 is 2.44 bits per heavy atom. The van der Waals surface area contributed by atoms with Crippen molar-refractivity contribution < 1.29 is 9.84 Å². The van der Waals surface area contributed by atoms with Gasteiger partial charge in [0.15, 0.2) is 0 Å². The van der Waals surface area contributed by atoms with E-state index in [-0.39, 0.29) is 6.10 Å². The van der Waals surface area contributed by atoms with E-state index in [4.69, 9.17) is 4.74 Å². The van der Waals surface area contributed by atoms with Gasteiger partial charge in [-0.15, -0.1) is 0 Å². The summed E-state index contributed by atoms with van der Waals surface area (Å²) in [6, 6.07) is 0. The van der Waals surface area contributed by atoms with Gasteiger partial charge < -0.3 is 9.84 Å². The first kappa shape index (κ1) is 12.4. The SMILES string of the molecule is COC1CCCC(O)(C2CCC(C)CC2)C1. The Kier molecular flexibility index (Phi) is 3.91. The maximum absolute atomic E-state index is 10.8. The van der Waals surface area contributed by atoms with Crippen LogP contribution in [0.5, 0.6) is 0 Å². The van der Waals surface area contributed by atoms with Crippen molar-refractivity contribution in [2.75, 3.05) is 7.11 Å². The molecule has 0 spiro atoms. The zero-order valence-corrected chi connectivity index (χ0v) is 10.7. The van der Waals surface area contributed by atoms with Crippen LogP contribution in [0.25, 0.3) is 0 Å². The Morgan fingerprint density at radius 1 is 1.12 bits per heavy atom. The summed E-state index contributed by atoms with van der Waals surface area (Å²) < 4.78 is 5.44. The topological polar surface area (TPSA) is 29.5 Å². The van der Waals surface area contributed by atoms with Gasteiger partial charge in [0.1, 0.15) is 0 Å². The maximum atomic E-state index is 10.8. The maximum Gasteiger partial charge on any atom is 0.0700 e. The van der Waals surface area contributed by atoms with E-state index < -0.39 is 5.60 Å². The Hall–Kier alpha value is -0.0800. The minimum Gasteiger partial charge on any atom is -0.390 e. The largest absolute Gasteiger partial charge is 0.390 e. The van der Waals surface area contributed by atoms with E-state index in [0.29, 0.717) is 5.92 Å². The van der Waals surface area contributed by atoms with Gasteiger partial charge in [-0.2, -0.15) is 0 Å². The lowest BCUT2D eigenvalue weighted by Crippen LogP contribution is -2.45. The Balaban J connectivity index is 1.95. The van der Waals surface area contributed by atoms with Crippen LogP contribution < -0.4 is 0 Å². The van der Waals surface area contributed by atoms with E-state index in [0.717, 1.165) is 31.6 Å². The van der Waals surface area contributed by atoms with Gasteiger partial charge in [-0.05, 0) is 43.9 Å². The molecule has 2 aliphatic rings. The fourth-order valence-corrected chi connectivity index (χ4v) is 3.60. The number of aliphatic hydroxyl groups is 1. The molecule has 16 heavy (non-hydrogen) atoms. The number of rotatable bonds is 2. The molecule has 0 heterocycles. The zero-order chi connectivity index (χ0) is 11.6. The lowest BCUT2D eigenvalue weighted by molar-refractivity contribution is -0.104. The second-order valence-corrected chi connectivity index (χ2v) is 6.01. The van der Waals surface area contributed by atoms with Crippen LogP contribution in [-0.4, -0.2) is 23.9 Å². The minimum absolute atomic E-state index is 0.290. The third-order valence-electron chi connectivity index (χ3n) is 4.83. The van der Waals surface area contributed by atoms with Crippen molar-refractivity contribution in [3.63, 3.8) is 0 Å². The number of methoxy groups -OCH3 is 1. The first-order valence-electron chi connectivity index (χ1n) is 6.89. The first-order valence-corrected chi connectivity index (χ1v) is 6.89.